The summed E-state index contributed by atoms with van der Waals surface area (Å²) in [5, 5.41) is 2.87. The maximum absolute atomic E-state index is 12.9. The van der Waals surface area contributed by atoms with Crippen molar-refractivity contribution < 1.29 is 18.7 Å². The molecule has 0 aliphatic heterocycles. The number of hydrogen-bond acceptors (Lipinski definition) is 4. The molecule has 1 heterocycles. The molecule has 27 heavy (non-hydrogen) atoms. The Hall–Kier alpha value is -3.34. The number of rotatable bonds is 5. The second-order valence-corrected chi connectivity index (χ2v) is 6.44. The van der Waals surface area contributed by atoms with Crippen LogP contribution in [0.25, 0.3) is 0 Å². The van der Waals surface area contributed by atoms with Crippen molar-refractivity contribution in [2.45, 2.75) is 26.9 Å². The van der Waals surface area contributed by atoms with Crippen molar-refractivity contribution in [3.63, 3.8) is 0 Å². The zero-order chi connectivity index (χ0) is 19.4. The fraction of sp³-hybridized carbons (Fsp3) is 0.182. The maximum Gasteiger partial charge on any atom is 0.375 e. The molecule has 1 N–H and O–H groups in total. The van der Waals surface area contributed by atoms with Crippen LogP contribution in [0.3, 0.4) is 0 Å². The first-order chi connectivity index (χ1) is 13.0. The summed E-state index contributed by atoms with van der Waals surface area (Å²) in [5.74, 6) is -1.01. The van der Waals surface area contributed by atoms with E-state index in [1.165, 1.54) is 6.26 Å². The molecule has 0 saturated heterocycles. The lowest BCUT2D eigenvalue weighted by Crippen LogP contribution is -2.26. The number of carbonyl (C=O) groups is 2. The lowest BCUT2D eigenvalue weighted by molar-refractivity contribution is -0.125. The normalized spacial score (nSPS) is 11.7. The van der Waals surface area contributed by atoms with Gasteiger partial charge >= 0.3 is 5.97 Å². The molecular weight excluding hydrogens is 342 g/mol. The highest BCUT2D eigenvalue weighted by molar-refractivity contribution is 5.98. The van der Waals surface area contributed by atoms with Gasteiger partial charge in [0.25, 0.3) is 5.91 Å². The van der Waals surface area contributed by atoms with Crippen molar-refractivity contribution >= 4 is 17.6 Å². The van der Waals surface area contributed by atoms with Crippen LogP contribution >= 0.6 is 0 Å². The highest BCUT2D eigenvalue weighted by Gasteiger charge is 2.28. The van der Waals surface area contributed by atoms with Crippen LogP contribution in [-0.4, -0.2) is 11.9 Å². The highest BCUT2D eigenvalue weighted by Crippen LogP contribution is 2.24. The number of benzene rings is 2. The van der Waals surface area contributed by atoms with Gasteiger partial charge < -0.3 is 14.5 Å². The quantitative estimate of drug-likeness (QED) is 0.665. The van der Waals surface area contributed by atoms with E-state index in [1.807, 2.05) is 38.1 Å². The van der Waals surface area contributed by atoms with E-state index in [4.69, 9.17) is 9.15 Å². The summed E-state index contributed by atoms with van der Waals surface area (Å²) in [7, 11) is 0. The Balaban J connectivity index is 1.88. The molecule has 0 aliphatic carbocycles. The fourth-order valence-corrected chi connectivity index (χ4v) is 2.71. The zero-order valence-corrected chi connectivity index (χ0v) is 15.5. The number of anilines is 1. The van der Waals surface area contributed by atoms with Crippen molar-refractivity contribution in [2.75, 3.05) is 5.32 Å². The SMILES string of the molecule is Cc1ccc(C)c(NC(=O)[C@@H](OC(=O)c2occc2C)c2ccccc2)c1. The molecule has 0 unspecified atom stereocenters. The highest BCUT2D eigenvalue weighted by atomic mass is 16.6. The van der Waals surface area contributed by atoms with Crippen molar-refractivity contribution in [3.05, 3.63) is 88.9 Å². The van der Waals surface area contributed by atoms with Crippen LogP contribution in [0, 0.1) is 20.8 Å². The van der Waals surface area contributed by atoms with Crippen LogP contribution in [0.15, 0.2) is 65.3 Å². The van der Waals surface area contributed by atoms with Gasteiger partial charge in [0, 0.05) is 16.8 Å². The average Bonchev–Trinajstić information content (AvgIpc) is 3.09. The molecular formula is C22H21NO4. The van der Waals surface area contributed by atoms with E-state index in [9.17, 15) is 9.59 Å². The Bertz CT molecular complexity index is 959. The molecule has 1 amide bonds. The zero-order valence-electron chi connectivity index (χ0n) is 15.5. The monoisotopic (exact) mass is 363 g/mol. The number of carbonyl (C=O) groups excluding carboxylic acids is 2. The molecule has 3 aromatic rings. The summed E-state index contributed by atoms with van der Waals surface area (Å²) in [6.07, 6.45) is 0.322. The number of aryl methyl sites for hydroxylation is 3. The van der Waals surface area contributed by atoms with Crippen LogP contribution in [-0.2, 0) is 9.53 Å². The minimum atomic E-state index is -1.09. The van der Waals surface area contributed by atoms with Crippen molar-refractivity contribution in [3.8, 4) is 0 Å². The summed E-state index contributed by atoms with van der Waals surface area (Å²) in [5.41, 5.74) is 3.87. The third-order valence-electron chi connectivity index (χ3n) is 4.26. The average molecular weight is 363 g/mol. The van der Waals surface area contributed by atoms with Gasteiger partial charge in [-0.05, 0) is 44.0 Å². The van der Waals surface area contributed by atoms with Crippen LogP contribution < -0.4 is 5.32 Å². The molecule has 1 atom stereocenters. The van der Waals surface area contributed by atoms with Crippen LogP contribution in [0.1, 0.15) is 38.9 Å². The molecule has 1 aromatic heterocycles. The summed E-state index contributed by atoms with van der Waals surface area (Å²) < 4.78 is 10.7. The molecule has 3 rings (SSSR count). The Morgan fingerprint density at radius 2 is 1.70 bits per heavy atom. The number of nitrogens with one attached hydrogen (secondary N) is 1. The minimum absolute atomic E-state index is 0.0930. The standard InChI is InChI=1S/C22H21NO4/c1-14-9-10-15(2)18(13-14)23-21(24)20(17-7-5-4-6-8-17)27-22(25)19-16(3)11-12-26-19/h4-13,20H,1-3H3,(H,23,24)/t20-/m0/s1. The van der Waals surface area contributed by atoms with Gasteiger partial charge in [0.2, 0.25) is 11.9 Å². The largest absolute Gasteiger partial charge is 0.457 e. The van der Waals surface area contributed by atoms with E-state index < -0.39 is 18.0 Å². The number of amides is 1. The number of hydrogen-bond donors (Lipinski definition) is 1. The molecule has 5 nitrogen and oxygen atoms in total. The molecule has 5 heteroatoms. The molecule has 0 aliphatic rings. The first-order valence-electron chi connectivity index (χ1n) is 8.64. The van der Waals surface area contributed by atoms with E-state index >= 15 is 0 Å². The van der Waals surface area contributed by atoms with Gasteiger partial charge in [-0.1, -0.05) is 42.5 Å². The Morgan fingerprint density at radius 1 is 0.963 bits per heavy atom. The van der Waals surface area contributed by atoms with Gasteiger partial charge in [-0.25, -0.2) is 4.79 Å². The third kappa shape index (κ3) is 4.26. The molecule has 0 bridgehead atoms. The second kappa shape index (κ2) is 7.91. The number of furan rings is 1. The first kappa shape index (κ1) is 18.5. The maximum atomic E-state index is 12.9. The molecule has 138 valence electrons. The van der Waals surface area contributed by atoms with Gasteiger partial charge in [-0.2, -0.15) is 0 Å². The fourth-order valence-electron chi connectivity index (χ4n) is 2.71. The van der Waals surface area contributed by atoms with Gasteiger partial charge in [-0.3, -0.25) is 4.79 Å². The van der Waals surface area contributed by atoms with Crippen LogP contribution in [0.2, 0.25) is 0 Å². The lowest BCUT2D eigenvalue weighted by Gasteiger charge is -2.18. The van der Waals surface area contributed by atoms with Gasteiger partial charge in [0.05, 0.1) is 6.26 Å². The van der Waals surface area contributed by atoms with Crippen LogP contribution in [0.4, 0.5) is 5.69 Å². The second-order valence-electron chi connectivity index (χ2n) is 6.44. The Kier molecular flexibility index (Phi) is 5.41. The first-order valence-corrected chi connectivity index (χ1v) is 8.64. The van der Waals surface area contributed by atoms with E-state index in [-0.39, 0.29) is 5.76 Å². The smallest absolute Gasteiger partial charge is 0.375 e. The van der Waals surface area contributed by atoms with Crippen molar-refractivity contribution in [2.24, 2.45) is 0 Å². The molecule has 2 aromatic carbocycles. The van der Waals surface area contributed by atoms with Gasteiger partial charge in [0.15, 0.2) is 0 Å². The Morgan fingerprint density at radius 3 is 2.37 bits per heavy atom. The Labute approximate surface area is 158 Å². The lowest BCUT2D eigenvalue weighted by atomic mass is 10.1. The molecule has 0 fully saturated rings. The van der Waals surface area contributed by atoms with E-state index in [0.29, 0.717) is 16.8 Å². The van der Waals surface area contributed by atoms with Crippen molar-refractivity contribution in [1.29, 1.82) is 0 Å². The van der Waals surface area contributed by atoms with Crippen molar-refractivity contribution in [1.82, 2.24) is 0 Å². The molecule has 0 saturated carbocycles. The number of ether oxygens (including phenoxy) is 1. The summed E-state index contributed by atoms with van der Waals surface area (Å²) in [4.78, 5) is 25.4. The van der Waals surface area contributed by atoms with Gasteiger partial charge in [0.1, 0.15) is 0 Å². The van der Waals surface area contributed by atoms with Gasteiger partial charge in [-0.15, -0.1) is 0 Å². The summed E-state index contributed by atoms with van der Waals surface area (Å²) >= 11 is 0. The number of esters is 1. The van der Waals surface area contributed by atoms with E-state index in [1.54, 1.807) is 37.3 Å². The molecule has 0 spiro atoms. The third-order valence-corrected chi connectivity index (χ3v) is 4.26. The predicted molar refractivity (Wildman–Crippen MR) is 103 cm³/mol. The van der Waals surface area contributed by atoms with E-state index in [2.05, 4.69) is 5.32 Å². The molecule has 0 radical (unpaired) electrons. The minimum Gasteiger partial charge on any atom is -0.457 e. The topological polar surface area (TPSA) is 68.5 Å². The summed E-state index contributed by atoms with van der Waals surface area (Å²) in [6.45, 7) is 5.60. The predicted octanol–water partition coefficient (Wildman–Crippen LogP) is 4.74. The van der Waals surface area contributed by atoms with E-state index in [0.717, 1.165) is 11.1 Å². The summed E-state index contributed by atoms with van der Waals surface area (Å²) in [6, 6.07) is 16.4. The van der Waals surface area contributed by atoms with Crippen LogP contribution in [0.5, 0.6) is 0 Å².